The molecule has 4 nitrogen and oxygen atoms in total. The van der Waals surface area contributed by atoms with Gasteiger partial charge in [0.05, 0.1) is 10.7 Å². The quantitative estimate of drug-likeness (QED) is 0.724. The fraction of sp³-hybridized carbons (Fsp3) is 0.294. The van der Waals surface area contributed by atoms with Gasteiger partial charge in [0.1, 0.15) is 16.8 Å². The van der Waals surface area contributed by atoms with Gasteiger partial charge >= 0.3 is 0 Å². The Morgan fingerprint density at radius 2 is 1.82 bits per heavy atom. The molecule has 0 aliphatic heterocycles. The first-order chi connectivity index (χ1) is 10.3. The summed E-state index contributed by atoms with van der Waals surface area (Å²) in [6, 6.07) is 9.11. The van der Waals surface area contributed by atoms with Crippen molar-refractivity contribution in [1.29, 1.82) is 0 Å². The molecular formula is C17H18ClN3O. The molecule has 22 heavy (non-hydrogen) atoms. The van der Waals surface area contributed by atoms with Crippen molar-refractivity contribution in [2.75, 3.05) is 0 Å². The average molecular weight is 316 g/mol. The summed E-state index contributed by atoms with van der Waals surface area (Å²) < 4.78 is 0. The van der Waals surface area contributed by atoms with E-state index in [4.69, 9.17) is 11.6 Å². The summed E-state index contributed by atoms with van der Waals surface area (Å²) in [6.45, 7) is 8.16. The summed E-state index contributed by atoms with van der Waals surface area (Å²) in [6.07, 6.45) is 0. The van der Waals surface area contributed by atoms with Gasteiger partial charge in [0.25, 0.3) is 0 Å². The zero-order chi connectivity index (χ0) is 16.1. The van der Waals surface area contributed by atoms with Gasteiger partial charge in [0.15, 0.2) is 0 Å². The Kier molecular flexibility index (Phi) is 3.37. The minimum absolute atomic E-state index is 0.241. The Bertz CT molecular complexity index is 862. The summed E-state index contributed by atoms with van der Waals surface area (Å²) in [5.74, 6) is 0.251. The Labute approximate surface area is 134 Å². The van der Waals surface area contributed by atoms with Crippen LogP contribution >= 0.6 is 11.6 Å². The first-order valence-electron chi connectivity index (χ1n) is 7.14. The smallest absolute Gasteiger partial charge is 0.132 e. The molecule has 0 bridgehead atoms. The fourth-order valence-electron chi connectivity index (χ4n) is 2.68. The van der Waals surface area contributed by atoms with E-state index < -0.39 is 0 Å². The van der Waals surface area contributed by atoms with Crippen LogP contribution in [0.3, 0.4) is 0 Å². The van der Waals surface area contributed by atoms with Crippen LogP contribution in [0.1, 0.15) is 31.9 Å². The Balaban J connectivity index is 2.35. The predicted molar refractivity (Wildman–Crippen MR) is 89.0 cm³/mol. The molecule has 0 aliphatic rings. The van der Waals surface area contributed by atoms with E-state index in [2.05, 4.69) is 31.0 Å². The third kappa shape index (κ3) is 2.33. The van der Waals surface area contributed by atoms with E-state index in [1.54, 1.807) is 16.9 Å². The third-order valence-corrected chi connectivity index (χ3v) is 3.98. The van der Waals surface area contributed by atoms with E-state index in [9.17, 15) is 5.11 Å². The van der Waals surface area contributed by atoms with Crippen LogP contribution in [-0.2, 0) is 5.41 Å². The van der Waals surface area contributed by atoms with Crippen molar-refractivity contribution in [2.24, 2.45) is 0 Å². The standard InChI is InChI=1S/C17H18ClN3O/c1-10-8-9-13(22)14(17(2,3)4)16(10)21-19-12-7-5-6-11(18)15(12)20-21/h5-9,22H,1-4H3. The van der Waals surface area contributed by atoms with E-state index >= 15 is 0 Å². The molecule has 5 heteroatoms. The second-order valence-corrected chi connectivity index (χ2v) is 6.88. The van der Waals surface area contributed by atoms with Crippen molar-refractivity contribution in [1.82, 2.24) is 15.0 Å². The van der Waals surface area contributed by atoms with E-state index in [-0.39, 0.29) is 11.2 Å². The molecule has 114 valence electrons. The van der Waals surface area contributed by atoms with Crippen molar-refractivity contribution < 1.29 is 5.11 Å². The molecule has 0 saturated carbocycles. The van der Waals surface area contributed by atoms with Gasteiger partial charge in [-0.15, -0.1) is 15.0 Å². The van der Waals surface area contributed by atoms with E-state index in [1.807, 2.05) is 25.1 Å². The number of phenolic OH excluding ortho intramolecular Hbond substituents is 1. The normalized spacial score (nSPS) is 12.0. The number of hydrogen-bond donors (Lipinski definition) is 1. The first-order valence-corrected chi connectivity index (χ1v) is 7.52. The van der Waals surface area contributed by atoms with Gasteiger partial charge < -0.3 is 5.11 Å². The number of phenols is 1. The number of fused-ring (bicyclic) bond motifs is 1. The van der Waals surface area contributed by atoms with Crippen LogP contribution in [0.25, 0.3) is 16.7 Å². The maximum absolute atomic E-state index is 10.3. The van der Waals surface area contributed by atoms with Crippen LogP contribution in [0, 0.1) is 6.92 Å². The highest BCUT2D eigenvalue weighted by Gasteiger charge is 2.25. The Morgan fingerprint density at radius 1 is 1.09 bits per heavy atom. The minimum atomic E-state index is -0.241. The molecule has 0 unspecified atom stereocenters. The van der Waals surface area contributed by atoms with Gasteiger partial charge in [-0.2, -0.15) is 0 Å². The van der Waals surface area contributed by atoms with Gasteiger partial charge in [0.2, 0.25) is 0 Å². The van der Waals surface area contributed by atoms with Crippen molar-refractivity contribution in [3.05, 3.63) is 46.5 Å². The average Bonchev–Trinajstić information content (AvgIpc) is 2.85. The molecular weight excluding hydrogens is 298 g/mol. The number of rotatable bonds is 1. The Morgan fingerprint density at radius 3 is 2.45 bits per heavy atom. The van der Waals surface area contributed by atoms with E-state index in [0.29, 0.717) is 10.5 Å². The highest BCUT2D eigenvalue weighted by molar-refractivity contribution is 6.34. The second-order valence-electron chi connectivity index (χ2n) is 6.47. The monoisotopic (exact) mass is 315 g/mol. The van der Waals surface area contributed by atoms with Crippen molar-refractivity contribution in [3.63, 3.8) is 0 Å². The second kappa shape index (κ2) is 4.99. The van der Waals surface area contributed by atoms with Gasteiger partial charge in [-0.3, -0.25) is 0 Å². The van der Waals surface area contributed by atoms with Gasteiger partial charge in [-0.05, 0) is 36.1 Å². The topological polar surface area (TPSA) is 50.9 Å². The molecule has 0 saturated heterocycles. The lowest BCUT2D eigenvalue weighted by molar-refractivity contribution is 0.443. The predicted octanol–water partition coefficient (Wildman–Crippen LogP) is 4.39. The number of nitrogens with zero attached hydrogens (tertiary/aromatic N) is 3. The maximum atomic E-state index is 10.3. The number of aromatic nitrogens is 3. The largest absolute Gasteiger partial charge is 0.508 e. The van der Waals surface area contributed by atoms with Crippen LogP contribution in [0.15, 0.2) is 30.3 Å². The molecule has 0 amide bonds. The molecule has 0 radical (unpaired) electrons. The number of hydrogen-bond acceptors (Lipinski definition) is 3. The lowest BCUT2D eigenvalue weighted by atomic mass is 9.84. The summed E-state index contributed by atoms with van der Waals surface area (Å²) in [7, 11) is 0. The van der Waals surface area contributed by atoms with Crippen molar-refractivity contribution in [3.8, 4) is 11.4 Å². The minimum Gasteiger partial charge on any atom is -0.508 e. The molecule has 1 aromatic heterocycles. The van der Waals surface area contributed by atoms with Crippen LogP contribution in [-0.4, -0.2) is 20.1 Å². The lowest BCUT2D eigenvalue weighted by Gasteiger charge is -2.24. The summed E-state index contributed by atoms with van der Waals surface area (Å²) in [4.78, 5) is 1.58. The van der Waals surface area contributed by atoms with Crippen molar-refractivity contribution in [2.45, 2.75) is 33.1 Å². The van der Waals surface area contributed by atoms with Crippen LogP contribution < -0.4 is 0 Å². The zero-order valence-corrected chi connectivity index (χ0v) is 13.8. The van der Waals surface area contributed by atoms with Gasteiger partial charge in [-0.1, -0.05) is 44.5 Å². The fourth-order valence-corrected chi connectivity index (χ4v) is 2.89. The molecule has 0 spiro atoms. The van der Waals surface area contributed by atoms with E-state index in [1.165, 1.54) is 0 Å². The van der Waals surface area contributed by atoms with Crippen molar-refractivity contribution >= 4 is 22.6 Å². The highest BCUT2D eigenvalue weighted by atomic mass is 35.5. The van der Waals surface area contributed by atoms with Crippen LogP contribution in [0.2, 0.25) is 5.02 Å². The maximum Gasteiger partial charge on any atom is 0.132 e. The summed E-state index contributed by atoms with van der Waals surface area (Å²) >= 11 is 6.19. The van der Waals surface area contributed by atoms with E-state index in [0.717, 1.165) is 22.3 Å². The molecule has 1 N–H and O–H groups in total. The third-order valence-electron chi connectivity index (χ3n) is 3.67. The van der Waals surface area contributed by atoms with Gasteiger partial charge in [0, 0.05) is 5.56 Å². The van der Waals surface area contributed by atoms with Crippen LogP contribution in [0.5, 0.6) is 5.75 Å². The zero-order valence-electron chi connectivity index (χ0n) is 13.1. The number of aryl methyl sites for hydroxylation is 1. The number of halogens is 1. The van der Waals surface area contributed by atoms with Crippen LogP contribution in [0.4, 0.5) is 0 Å². The molecule has 2 aromatic carbocycles. The molecule has 1 heterocycles. The molecule has 3 aromatic rings. The highest BCUT2D eigenvalue weighted by Crippen LogP contribution is 2.37. The SMILES string of the molecule is Cc1ccc(O)c(C(C)(C)C)c1-n1nc2cccc(Cl)c2n1. The molecule has 0 fully saturated rings. The molecule has 3 rings (SSSR count). The Hall–Kier alpha value is -2.07. The molecule has 0 aliphatic carbocycles. The molecule has 0 atom stereocenters. The summed E-state index contributed by atoms with van der Waals surface area (Å²) in [5.41, 5.74) is 3.78. The lowest BCUT2D eigenvalue weighted by Crippen LogP contribution is -2.17. The summed E-state index contributed by atoms with van der Waals surface area (Å²) in [5, 5.41) is 20.0. The number of aromatic hydroxyl groups is 1. The number of benzene rings is 2. The van der Waals surface area contributed by atoms with Gasteiger partial charge in [-0.25, -0.2) is 0 Å². The first kappa shape index (κ1) is 14.9.